The van der Waals surface area contributed by atoms with Gasteiger partial charge in [0.25, 0.3) is 0 Å². The minimum absolute atomic E-state index is 0.00269. The molecule has 1 saturated heterocycles. The van der Waals surface area contributed by atoms with Crippen LogP contribution in [0.4, 0.5) is 0 Å². The molecule has 0 saturated carbocycles. The lowest BCUT2D eigenvalue weighted by atomic mass is 9.92. The fourth-order valence-electron chi connectivity index (χ4n) is 4.57. The molecule has 1 rings (SSSR count). The average molecular weight is 525 g/mol. The van der Waals surface area contributed by atoms with E-state index in [2.05, 4.69) is 54.1 Å². The fourth-order valence-corrected chi connectivity index (χ4v) is 4.57. The van der Waals surface area contributed by atoms with E-state index < -0.39 is 0 Å². The number of carbonyl (C=O) groups excluding carboxylic acids is 2. The Hall–Kier alpha value is -3.00. The molecule has 0 spiro atoms. The molecule has 1 fully saturated rings. The lowest BCUT2D eigenvalue weighted by molar-refractivity contribution is -0.130. The number of amides is 2. The number of hydroxylamine groups is 1. The summed E-state index contributed by atoms with van der Waals surface area (Å²) in [4.78, 5) is 29.7. The maximum atomic E-state index is 13.2. The van der Waals surface area contributed by atoms with Crippen molar-refractivity contribution in [1.29, 1.82) is 0 Å². The van der Waals surface area contributed by atoms with Crippen LogP contribution in [0.5, 0.6) is 0 Å². The molecule has 7 nitrogen and oxygen atoms in total. The van der Waals surface area contributed by atoms with Crippen molar-refractivity contribution in [1.82, 2.24) is 20.6 Å². The van der Waals surface area contributed by atoms with Crippen LogP contribution in [0.1, 0.15) is 53.9 Å². The summed E-state index contributed by atoms with van der Waals surface area (Å²) in [6.45, 7) is 15.8. The van der Waals surface area contributed by atoms with E-state index >= 15 is 0 Å². The lowest BCUT2D eigenvalue weighted by Crippen LogP contribution is -2.61. The van der Waals surface area contributed by atoms with Crippen LogP contribution in [0.15, 0.2) is 84.1 Å². The van der Waals surface area contributed by atoms with Gasteiger partial charge in [0, 0.05) is 43.8 Å². The summed E-state index contributed by atoms with van der Waals surface area (Å²) < 4.78 is 0. The van der Waals surface area contributed by atoms with Crippen LogP contribution in [0.2, 0.25) is 0 Å². The second kappa shape index (κ2) is 19.1. The second-order valence-corrected chi connectivity index (χ2v) is 9.33. The Balaban J connectivity index is 3.43. The first kappa shape index (κ1) is 33.0. The van der Waals surface area contributed by atoms with Crippen LogP contribution < -0.4 is 10.8 Å². The Labute approximate surface area is 230 Å². The highest BCUT2D eigenvalue weighted by Crippen LogP contribution is 2.26. The van der Waals surface area contributed by atoms with Gasteiger partial charge in [-0.1, -0.05) is 86.3 Å². The number of nitrogens with zero attached hydrogens (tertiary/aromatic N) is 2. The van der Waals surface area contributed by atoms with Gasteiger partial charge in [-0.25, -0.2) is 0 Å². The van der Waals surface area contributed by atoms with Gasteiger partial charge in [-0.2, -0.15) is 5.48 Å². The Kier molecular flexibility index (Phi) is 16.6. The van der Waals surface area contributed by atoms with Gasteiger partial charge >= 0.3 is 0 Å². The number of allylic oxidation sites excluding steroid dienone is 9. The molecule has 1 aliphatic heterocycles. The van der Waals surface area contributed by atoms with Crippen molar-refractivity contribution < 1.29 is 14.8 Å². The van der Waals surface area contributed by atoms with E-state index in [-0.39, 0.29) is 30.4 Å². The molecule has 7 heteroatoms. The zero-order valence-corrected chi connectivity index (χ0v) is 24.0. The van der Waals surface area contributed by atoms with Gasteiger partial charge in [0.15, 0.2) is 0 Å². The molecule has 38 heavy (non-hydrogen) atoms. The quantitative estimate of drug-likeness (QED) is 0.162. The van der Waals surface area contributed by atoms with E-state index in [1.54, 1.807) is 6.08 Å². The Bertz CT molecular complexity index is 943. The highest BCUT2D eigenvalue weighted by Gasteiger charge is 2.35. The number of hydrogen-bond donors (Lipinski definition) is 3. The van der Waals surface area contributed by atoms with Crippen molar-refractivity contribution in [3.63, 3.8) is 0 Å². The number of unbranched alkanes of at least 4 members (excludes halogenated alkanes) is 1. The highest BCUT2D eigenvalue weighted by atomic mass is 16.5. The molecule has 1 heterocycles. The SMILES string of the molecule is C=C/C=C\C(=C/C)[C@@H](CC(/C=C\C)=C/CCC)N1CCN(C(=O)/C(C)=C/C=C\C)CC1CNC(=O)CNO. The molecule has 0 aromatic rings. The Morgan fingerprint density at radius 1 is 1.13 bits per heavy atom. The molecule has 1 aliphatic rings. The topological polar surface area (TPSA) is 84.9 Å². The van der Waals surface area contributed by atoms with E-state index in [1.165, 1.54) is 5.57 Å². The van der Waals surface area contributed by atoms with Crippen molar-refractivity contribution in [3.8, 4) is 0 Å². The van der Waals surface area contributed by atoms with Crippen LogP contribution >= 0.6 is 0 Å². The van der Waals surface area contributed by atoms with E-state index in [1.807, 2.05) is 62.4 Å². The van der Waals surface area contributed by atoms with Crippen LogP contribution in [0.25, 0.3) is 0 Å². The summed E-state index contributed by atoms with van der Waals surface area (Å²) in [5.74, 6) is -0.297. The zero-order valence-electron chi connectivity index (χ0n) is 24.0. The summed E-state index contributed by atoms with van der Waals surface area (Å²) in [6, 6.07) is -0.0646. The number of piperazine rings is 1. The third-order valence-corrected chi connectivity index (χ3v) is 6.51. The fraction of sp³-hybridized carbons (Fsp3) is 0.484. The number of nitrogens with one attached hydrogen (secondary N) is 2. The standard InChI is InChI=1S/C31H48N4O3/c1-7-12-16-25(6)31(37)34-19-20-35(28(24-34)22-32-30(36)23-33-38)29(27(11-5)18-14-9-3)21-26(15-10-4)17-13-8-2/h7,9-12,14-18,28-29,33,38H,3,8,13,19-24H2,1-2,4-6H3,(H,32,36)/b12-7-,15-10-,18-14-,25-16+,26-17+,27-11+/t28?,29-/m1/s1. The lowest BCUT2D eigenvalue weighted by Gasteiger charge is -2.46. The highest BCUT2D eigenvalue weighted by molar-refractivity contribution is 5.93. The zero-order chi connectivity index (χ0) is 28.3. The van der Waals surface area contributed by atoms with Crippen molar-refractivity contribution in [2.45, 2.75) is 66.0 Å². The average Bonchev–Trinajstić information content (AvgIpc) is 2.92. The largest absolute Gasteiger partial charge is 0.353 e. The molecule has 1 unspecified atom stereocenters. The molecule has 0 bridgehead atoms. The van der Waals surface area contributed by atoms with Crippen molar-refractivity contribution in [2.75, 3.05) is 32.7 Å². The second-order valence-electron chi connectivity index (χ2n) is 9.33. The van der Waals surface area contributed by atoms with Gasteiger partial charge in [-0.3, -0.25) is 14.5 Å². The minimum Gasteiger partial charge on any atom is -0.353 e. The molecular formula is C31H48N4O3. The Morgan fingerprint density at radius 2 is 1.89 bits per heavy atom. The summed E-state index contributed by atoms with van der Waals surface area (Å²) in [7, 11) is 0. The predicted molar refractivity (Wildman–Crippen MR) is 158 cm³/mol. The predicted octanol–water partition coefficient (Wildman–Crippen LogP) is 4.87. The van der Waals surface area contributed by atoms with Gasteiger partial charge in [-0.15, -0.1) is 0 Å². The monoisotopic (exact) mass is 524 g/mol. The molecule has 3 N–H and O–H groups in total. The van der Waals surface area contributed by atoms with Crippen molar-refractivity contribution in [2.24, 2.45) is 0 Å². The smallest absolute Gasteiger partial charge is 0.249 e. The summed E-state index contributed by atoms with van der Waals surface area (Å²) in [6.07, 6.45) is 23.0. The summed E-state index contributed by atoms with van der Waals surface area (Å²) >= 11 is 0. The van der Waals surface area contributed by atoms with Gasteiger partial charge in [-0.05, 0) is 46.1 Å². The molecule has 0 aromatic carbocycles. The maximum Gasteiger partial charge on any atom is 0.249 e. The molecule has 2 amide bonds. The van der Waals surface area contributed by atoms with Gasteiger partial charge in [0.05, 0.1) is 6.54 Å². The third kappa shape index (κ3) is 11.2. The van der Waals surface area contributed by atoms with Crippen LogP contribution in [0.3, 0.4) is 0 Å². The van der Waals surface area contributed by atoms with Gasteiger partial charge < -0.3 is 15.4 Å². The van der Waals surface area contributed by atoms with Crippen LogP contribution in [0, 0.1) is 0 Å². The first-order chi connectivity index (χ1) is 18.4. The maximum absolute atomic E-state index is 13.2. The summed E-state index contributed by atoms with van der Waals surface area (Å²) in [5.41, 5.74) is 5.02. The summed E-state index contributed by atoms with van der Waals surface area (Å²) in [5, 5.41) is 11.9. The van der Waals surface area contributed by atoms with Crippen LogP contribution in [-0.4, -0.2) is 71.6 Å². The number of carbonyl (C=O) groups is 2. The van der Waals surface area contributed by atoms with Gasteiger partial charge in [0.1, 0.15) is 0 Å². The molecule has 0 aliphatic carbocycles. The number of rotatable bonds is 15. The van der Waals surface area contributed by atoms with E-state index in [0.29, 0.717) is 31.8 Å². The number of hydrogen-bond acceptors (Lipinski definition) is 5. The first-order valence-electron chi connectivity index (χ1n) is 13.6. The van der Waals surface area contributed by atoms with E-state index in [9.17, 15) is 9.59 Å². The van der Waals surface area contributed by atoms with Crippen molar-refractivity contribution >= 4 is 11.8 Å². The van der Waals surface area contributed by atoms with Gasteiger partial charge in [0.2, 0.25) is 11.8 Å². The Morgan fingerprint density at radius 3 is 2.50 bits per heavy atom. The van der Waals surface area contributed by atoms with E-state index in [4.69, 9.17) is 5.21 Å². The molecule has 2 atom stereocenters. The molecule has 0 radical (unpaired) electrons. The normalized spacial score (nSPS) is 19.1. The minimum atomic E-state index is -0.299. The third-order valence-electron chi connectivity index (χ3n) is 6.51. The van der Waals surface area contributed by atoms with Crippen molar-refractivity contribution in [3.05, 3.63) is 84.1 Å². The first-order valence-corrected chi connectivity index (χ1v) is 13.6. The molecular weight excluding hydrogens is 476 g/mol. The van der Waals surface area contributed by atoms with E-state index in [0.717, 1.165) is 24.8 Å². The van der Waals surface area contributed by atoms with Crippen LogP contribution in [-0.2, 0) is 9.59 Å². The molecule has 0 aromatic heterocycles. The molecule has 210 valence electrons.